The van der Waals surface area contributed by atoms with Crippen LogP contribution in [0.2, 0.25) is 0 Å². The predicted molar refractivity (Wildman–Crippen MR) is 69.1 cm³/mol. The van der Waals surface area contributed by atoms with Gasteiger partial charge in [0.15, 0.2) is 0 Å². The van der Waals surface area contributed by atoms with Crippen molar-refractivity contribution in [2.24, 2.45) is 0 Å². The first-order valence-corrected chi connectivity index (χ1v) is 5.83. The Morgan fingerprint density at radius 1 is 1.35 bits per heavy atom. The molecule has 1 aromatic rings. The lowest BCUT2D eigenvalue weighted by Crippen LogP contribution is -2.33. The number of ether oxygens (including phenoxy) is 1. The lowest BCUT2D eigenvalue weighted by molar-refractivity contribution is 0.386. The lowest BCUT2D eigenvalue weighted by atomic mass is 9.84. The fourth-order valence-electron chi connectivity index (χ4n) is 1.84. The maximum atomic E-state index is 8.48. The van der Waals surface area contributed by atoms with Crippen LogP contribution in [0.1, 0.15) is 25.8 Å². The van der Waals surface area contributed by atoms with Gasteiger partial charge in [0.1, 0.15) is 5.75 Å². The molecule has 92 valence electrons. The van der Waals surface area contributed by atoms with Crippen molar-refractivity contribution < 1.29 is 4.74 Å². The van der Waals surface area contributed by atoms with Gasteiger partial charge in [0.05, 0.1) is 13.2 Å². The van der Waals surface area contributed by atoms with E-state index in [-0.39, 0.29) is 5.41 Å². The maximum absolute atomic E-state index is 8.48. The highest BCUT2D eigenvalue weighted by molar-refractivity contribution is 5.39. The Bertz CT molecular complexity index is 393. The standard InChI is InChI=1S/C14H20N2O/c1-14(2,11-16-10-6-9-15)12-7-4-5-8-13(12)17-3/h4-5,7-8,16H,6,10-11H2,1-3H3. The minimum atomic E-state index is -0.0118. The molecular weight excluding hydrogens is 212 g/mol. The van der Waals surface area contributed by atoms with Gasteiger partial charge in [-0.25, -0.2) is 0 Å². The summed E-state index contributed by atoms with van der Waals surface area (Å²) in [7, 11) is 1.69. The fourth-order valence-corrected chi connectivity index (χ4v) is 1.84. The molecule has 1 N–H and O–H groups in total. The molecule has 0 heterocycles. The molecular formula is C14H20N2O. The van der Waals surface area contributed by atoms with E-state index in [9.17, 15) is 0 Å². The topological polar surface area (TPSA) is 45.0 Å². The van der Waals surface area contributed by atoms with Gasteiger partial charge < -0.3 is 10.1 Å². The molecule has 0 radical (unpaired) electrons. The quantitative estimate of drug-likeness (QED) is 0.766. The molecule has 17 heavy (non-hydrogen) atoms. The molecule has 1 rings (SSSR count). The highest BCUT2D eigenvalue weighted by atomic mass is 16.5. The summed E-state index contributed by atoms with van der Waals surface area (Å²) in [5.41, 5.74) is 1.18. The summed E-state index contributed by atoms with van der Waals surface area (Å²) in [5.74, 6) is 0.916. The molecule has 0 aliphatic carbocycles. The van der Waals surface area contributed by atoms with Crippen molar-refractivity contribution in [1.29, 1.82) is 5.26 Å². The van der Waals surface area contributed by atoms with Crippen LogP contribution in [-0.2, 0) is 5.41 Å². The molecule has 0 unspecified atom stereocenters. The van der Waals surface area contributed by atoms with Gasteiger partial charge in [-0.2, -0.15) is 5.26 Å². The van der Waals surface area contributed by atoms with Crippen molar-refractivity contribution in [3.63, 3.8) is 0 Å². The van der Waals surface area contributed by atoms with Crippen molar-refractivity contribution in [2.75, 3.05) is 20.2 Å². The lowest BCUT2D eigenvalue weighted by Gasteiger charge is -2.27. The second-order valence-corrected chi connectivity index (χ2v) is 4.67. The molecule has 0 aliphatic rings. The monoisotopic (exact) mass is 232 g/mol. The molecule has 0 aliphatic heterocycles. The highest BCUT2D eigenvalue weighted by Gasteiger charge is 2.23. The summed E-state index contributed by atoms with van der Waals surface area (Å²) in [5, 5.41) is 11.8. The van der Waals surface area contributed by atoms with E-state index in [1.54, 1.807) is 7.11 Å². The summed E-state index contributed by atoms with van der Waals surface area (Å²) in [6.45, 7) is 5.90. The third-order valence-electron chi connectivity index (χ3n) is 2.82. The van der Waals surface area contributed by atoms with Crippen LogP contribution >= 0.6 is 0 Å². The number of benzene rings is 1. The number of hydrogen-bond donors (Lipinski definition) is 1. The number of methoxy groups -OCH3 is 1. The van der Waals surface area contributed by atoms with Gasteiger partial charge in [0, 0.05) is 30.5 Å². The molecule has 0 amide bonds. The molecule has 0 saturated carbocycles. The van der Waals surface area contributed by atoms with Crippen molar-refractivity contribution in [3.05, 3.63) is 29.8 Å². The van der Waals surface area contributed by atoms with E-state index in [1.165, 1.54) is 5.56 Å². The van der Waals surface area contributed by atoms with E-state index in [0.29, 0.717) is 6.42 Å². The van der Waals surface area contributed by atoms with Gasteiger partial charge >= 0.3 is 0 Å². The summed E-state index contributed by atoms with van der Waals surface area (Å²) in [4.78, 5) is 0. The molecule has 3 nitrogen and oxygen atoms in total. The molecule has 0 fully saturated rings. The van der Waals surface area contributed by atoms with Gasteiger partial charge in [0.2, 0.25) is 0 Å². The Morgan fingerprint density at radius 3 is 2.71 bits per heavy atom. The average molecular weight is 232 g/mol. The SMILES string of the molecule is COc1ccccc1C(C)(C)CNCCC#N. The van der Waals surface area contributed by atoms with Crippen LogP contribution in [0, 0.1) is 11.3 Å². The second kappa shape index (κ2) is 6.27. The highest BCUT2D eigenvalue weighted by Crippen LogP contribution is 2.30. The van der Waals surface area contributed by atoms with Crippen LogP contribution in [0.5, 0.6) is 5.75 Å². The van der Waals surface area contributed by atoms with E-state index in [2.05, 4.69) is 31.3 Å². The number of nitrogens with one attached hydrogen (secondary N) is 1. The second-order valence-electron chi connectivity index (χ2n) is 4.67. The molecule has 0 bridgehead atoms. The fraction of sp³-hybridized carbons (Fsp3) is 0.500. The smallest absolute Gasteiger partial charge is 0.122 e. The number of nitriles is 1. The third kappa shape index (κ3) is 3.76. The zero-order valence-corrected chi connectivity index (χ0v) is 10.8. The van der Waals surface area contributed by atoms with Gasteiger partial charge in [-0.3, -0.25) is 0 Å². The molecule has 1 aromatic carbocycles. The maximum Gasteiger partial charge on any atom is 0.122 e. The number of hydrogen-bond acceptors (Lipinski definition) is 3. The van der Waals surface area contributed by atoms with Crippen molar-refractivity contribution in [3.8, 4) is 11.8 Å². The van der Waals surface area contributed by atoms with Gasteiger partial charge in [-0.05, 0) is 6.07 Å². The van der Waals surface area contributed by atoms with E-state index in [4.69, 9.17) is 10.00 Å². The van der Waals surface area contributed by atoms with E-state index >= 15 is 0 Å². The Morgan fingerprint density at radius 2 is 2.06 bits per heavy atom. The van der Waals surface area contributed by atoms with Crippen LogP contribution in [0.15, 0.2) is 24.3 Å². The average Bonchev–Trinajstić information content (AvgIpc) is 2.34. The zero-order chi connectivity index (χ0) is 12.7. The van der Waals surface area contributed by atoms with Gasteiger partial charge in [-0.1, -0.05) is 32.0 Å². The van der Waals surface area contributed by atoms with E-state index < -0.39 is 0 Å². The molecule has 0 saturated heterocycles. The summed E-state index contributed by atoms with van der Waals surface area (Å²) in [6, 6.07) is 10.2. The molecule has 3 heteroatoms. The van der Waals surface area contributed by atoms with Gasteiger partial charge in [0.25, 0.3) is 0 Å². The Hall–Kier alpha value is -1.53. The van der Waals surface area contributed by atoms with Crippen LogP contribution in [-0.4, -0.2) is 20.2 Å². The van der Waals surface area contributed by atoms with E-state index in [1.807, 2.05) is 18.2 Å². The van der Waals surface area contributed by atoms with Crippen LogP contribution in [0.25, 0.3) is 0 Å². The molecule has 0 aromatic heterocycles. The minimum Gasteiger partial charge on any atom is -0.496 e. The van der Waals surface area contributed by atoms with Crippen molar-refractivity contribution in [2.45, 2.75) is 25.7 Å². The summed E-state index contributed by atoms with van der Waals surface area (Å²) in [6.07, 6.45) is 0.544. The van der Waals surface area contributed by atoms with Crippen molar-refractivity contribution >= 4 is 0 Å². The zero-order valence-electron chi connectivity index (χ0n) is 10.8. The van der Waals surface area contributed by atoms with E-state index in [0.717, 1.165) is 18.8 Å². The molecule has 0 spiro atoms. The number of para-hydroxylation sites is 1. The summed E-state index contributed by atoms with van der Waals surface area (Å²) < 4.78 is 5.38. The molecule has 0 atom stereocenters. The largest absolute Gasteiger partial charge is 0.496 e. The Kier molecular flexibility index (Phi) is 4.99. The Balaban J connectivity index is 2.71. The predicted octanol–water partition coefficient (Wildman–Crippen LogP) is 2.48. The first kappa shape index (κ1) is 13.5. The van der Waals surface area contributed by atoms with Crippen LogP contribution in [0.4, 0.5) is 0 Å². The van der Waals surface area contributed by atoms with Gasteiger partial charge in [-0.15, -0.1) is 0 Å². The van der Waals surface area contributed by atoms with Crippen LogP contribution in [0.3, 0.4) is 0 Å². The Labute approximate surface area is 103 Å². The first-order valence-electron chi connectivity index (χ1n) is 5.83. The van der Waals surface area contributed by atoms with Crippen molar-refractivity contribution in [1.82, 2.24) is 5.32 Å². The minimum absolute atomic E-state index is 0.0118. The number of nitrogens with zero attached hydrogens (tertiary/aromatic N) is 1. The third-order valence-corrected chi connectivity index (χ3v) is 2.82. The number of rotatable bonds is 6. The van der Waals surface area contributed by atoms with Crippen LogP contribution < -0.4 is 10.1 Å². The normalized spacial score (nSPS) is 10.9. The first-order chi connectivity index (χ1) is 8.11. The summed E-state index contributed by atoms with van der Waals surface area (Å²) >= 11 is 0.